The molecule has 0 saturated carbocycles. The number of alkyl halides is 3. The van der Waals surface area contributed by atoms with Gasteiger partial charge in [0.2, 0.25) is 0 Å². The highest BCUT2D eigenvalue weighted by molar-refractivity contribution is 5.83. The van der Waals surface area contributed by atoms with Gasteiger partial charge in [-0.1, -0.05) is 13.8 Å². The Morgan fingerprint density at radius 3 is 2.45 bits per heavy atom. The van der Waals surface area contributed by atoms with Crippen molar-refractivity contribution in [3.8, 4) is 6.07 Å². The van der Waals surface area contributed by atoms with Crippen LogP contribution >= 0.6 is 0 Å². The van der Waals surface area contributed by atoms with Crippen molar-refractivity contribution in [2.75, 3.05) is 18.5 Å². The van der Waals surface area contributed by atoms with Gasteiger partial charge in [-0.3, -0.25) is 19.7 Å². The fourth-order valence-electron chi connectivity index (χ4n) is 2.00. The van der Waals surface area contributed by atoms with Crippen molar-refractivity contribution in [2.45, 2.75) is 32.5 Å². The topological polar surface area (TPSA) is 134 Å². The van der Waals surface area contributed by atoms with E-state index in [1.807, 2.05) is 6.07 Å². The number of carbonyl (C=O) groups is 2. The molecule has 0 fully saturated rings. The van der Waals surface area contributed by atoms with Gasteiger partial charge in [-0.25, -0.2) is 0 Å². The summed E-state index contributed by atoms with van der Waals surface area (Å²) in [6.45, 7) is 3.62. The average molecular weight is 416 g/mol. The number of nitro groups is 1. The molecule has 29 heavy (non-hydrogen) atoms. The van der Waals surface area contributed by atoms with Crippen molar-refractivity contribution in [2.24, 2.45) is 5.92 Å². The third kappa shape index (κ3) is 6.63. The van der Waals surface area contributed by atoms with Crippen molar-refractivity contribution in [1.82, 2.24) is 5.32 Å². The molecule has 0 radical (unpaired) electrons. The first-order valence-electron chi connectivity index (χ1n) is 8.27. The molecule has 158 valence electrons. The Hall–Kier alpha value is -3.36. The summed E-state index contributed by atoms with van der Waals surface area (Å²) >= 11 is 0. The van der Waals surface area contributed by atoms with E-state index in [1.54, 1.807) is 13.8 Å². The van der Waals surface area contributed by atoms with E-state index in [0.29, 0.717) is 12.1 Å². The number of halogens is 3. The summed E-state index contributed by atoms with van der Waals surface area (Å²) in [5.74, 6) is -1.91. The van der Waals surface area contributed by atoms with E-state index in [0.717, 1.165) is 6.07 Å². The number of hydrogen-bond donors (Lipinski definition) is 2. The fraction of sp³-hybridized carbons (Fsp3) is 0.471. The van der Waals surface area contributed by atoms with Crippen LogP contribution in [0.2, 0.25) is 0 Å². The van der Waals surface area contributed by atoms with Crippen LogP contribution in [-0.2, 0) is 20.5 Å². The molecule has 0 saturated heterocycles. The molecule has 0 aliphatic heterocycles. The number of nitriles is 1. The third-order valence-corrected chi connectivity index (χ3v) is 4.10. The zero-order valence-corrected chi connectivity index (χ0v) is 15.8. The SMILES string of the molecule is CC(C)[C@@](C)(C#N)NC(=O)COC(=O)CNc1ccc(C(F)(F)F)cc1[N+](=O)[O-]. The van der Waals surface area contributed by atoms with Gasteiger partial charge in [-0.2, -0.15) is 18.4 Å². The molecule has 1 atom stereocenters. The highest BCUT2D eigenvalue weighted by Gasteiger charge is 2.33. The molecule has 0 aromatic heterocycles. The molecule has 12 heteroatoms. The van der Waals surface area contributed by atoms with Crippen LogP contribution in [0.1, 0.15) is 26.3 Å². The summed E-state index contributed by atoms with van der Waals surface area (Å²) in [5.41, 5.74) is -3.56. The first-order valence-corrected chi connectivity index (χ1v) is 8.27. The molecule has 0 aliphatic carbocycles. The van der Waals surface area contributed by atoms with Gasteiger partial charge in [-0.05, 0) is 25.0 Å². The number of anilines is 1. The predicted octanol–water partition coefficient (Wildman–Crippen LogP) is 2.62. The Balaban J connectivity index is 2.68. The normalized spacial score (nSPS) is 13.2. The molecular weight excluding hydrogens is 397 g/mol. The minimum Gasteiger partial charge on any atom is -0.454 e. The lowest BCUT2D eigenvalue weighted by molar-refractivity contribution is -0.384. The van der Waals surface area contributed by atoms with Crippen LogP contribution in [0.3, 0.4) is 0 Å². The maximum absolute atomic E-state index is 12.7. The van der Waals surface area contributed by atoms with E-state index < -0.39 is 52.9 Å². The number of esters is 1. The summed E-state index contributed by atoms with van der Waals surface area (Å²) in [6, 6.07) is 3.74. The Labute approximate surface area is 164 Å². The molecule has 2 N–H and O–H groups in total. The zero-order chi connectivity index (χ0) is 22.4. The number of carbonyl (C=O) groups excluding carboxylic acids is 2. The van der Waals surface area contributed by atoms with E-state index in [2.05, 4.69) is 10.6 Å². The van der Waals surface area contributed by atoms with Gasteiger partial charge in [0.05, 0.1) is 16.6 Å². The largest absolute Gasteiger partial charge is 0.454 e. The van der Waals surface area contributed by atoms with Crippen molar-refractivity contribution in [1.29, 1.82) is 5.26 Å². The van der Waals surface area contributed by atoms with Crippen molar-refractivity contribution >= 4 is 23.3 Å². The van der Waals surface area contributed by atoms with E-state index in [1.165, 1.54) is 6.92 Å². The second-order valence-corrected chi connectivity index (χ2v) is 6.52. The fourth-order valence-corrected chi connectivity index (χ4v) is 2.00. The molecule has 1 amide bonds. The van der Waals surface area contributed by atoms with E-state index in [9.17, 15) is 32.9 Å². The number of nitrogens with zero attached hydrogens (tertiary/aromatic N) is 2. The summed E-state index contributed by atoms with van der Waals surface area (Å²) in [4.78, 5) is 33.5. The number of amides is 1. The van der Waals surface area contributed by atoms with Gasteiger partial charge in [0.1, 0.15) is 17.8 Å². The zero-order valence-electron chi connectivity index (χ0n) is 15.8. The van der Waals surface area contributed by atoms with Crippen molar-refractivity contribution in [3.63, 3.8) is 0 Å². The van der Waals surface area contributed by atoms with Gasteiger partial charge in [0.15, 0.2) is 6.61 Å². The van der Waals surface area contributed by atoms with Gasteiger partial charge in [0, 0.05) is 6.07 Å². The lowest BCUT2D eigenvalue weighted by atomic mass is 9.90. The highest BCUT2D eigenvalue weighted by Crippen LogP contribution is 2.34. The summed E-state index contributed by atoms with van der Waals surface area (Å²) in [6.07, 6.45) is -4.76. The second kappa shape index (κ2) is 9.22. The number of hydrogen-bond acceptors (Lipinski definition) is 7. The van der Waals surface area contributed by atoms with Crippen LogP contribution in [0, 0.1) is 27.4 Å². The number of benzene rings is 1. The van der Waals surface area contributed by atoms with Crippen LogP contribution < -0.4 is 10.6 Å². The maximum atomic E-state index is 12.7. The van der Waals surface area contributed by atoms with Crippen LogP contribution in [0.4, 0.5) is 24.5 Å². The summed E-state index contributed by atoms with van der Waals surface area (Å²) < 4.78 is 42.7. The van der Waals surface area contributed by atoms with E-state index >= 15 is 0 Å². The van der Waals surface area contributed by atoms with Gasteiger partial charge in [0.25, 0.3) is 11.6 Å². The third-order valence-electron chi connectivity index (χ3n) is 4.10. The van der Waals surface area contributed by atoms with E-state index in [4.69, 9.17) is 10.00 Å². The minimum atomic E-state index is -4.76. The second-order valence-electron chi connectivity index (χ2n) is 6.52. The highest BCUT2D eigenvalue weighted by atomic mass is 19.4. The molecule has 0 aliphatic rings. The average Bonchev–Trinajstić information content (AvgIpc) is 2.63. The molecule has 0 heterocycles. The van der Waals surface area contributed by atoms with Crippen molar-refractivity contribution < 1.29 is 32.4 Å². The molecule has 0 unspecified atom stereocenters. The number of rotatable bonds is 8. The Morgan fingerprint density at radius 2 is 1.97 bits per heavy atom. The molecule has 9 nitrogen and oxygen atoms in total. The van der Waals surface area contributed by atoms with Gasteiger partial charge >= 0.3 is 12.1 Å². The van der Waals surface area contributed by atoms with Crippen LogP contribution in [-0.4, -0.2) is 35.5 Å². The van der Waals surface area contributed by atoms with Crippen LogP contribution in [0.15, 0.2) is 18.2 Å². The van der Waals surface area contributed by atoms with Crippen LogP contribution in [0.25, 0.3) is 0 Å². The molecule has 1 aromatic rings. The summed E-state index contributed by atoms with van der Waals surface area (Å²) in [7, 11) is 0. The summed E-state index contributed by atoms with van der Waals surface area (Å²) in [5, 5.41) is 24.8. The monoisotopic (exact) mass is 416 g/mol. The number of nitro benzene ring substituents is 1. The maximum Gasteiger partial charge on any atom is 0.416 e. The smallest absolute Gasteiger partial charge is 0.416 e. The first kappa shape index (κ1) is 23.7. The molecule has 1 rings (SSSR count). The molecular formula is C17H19F3N4O5. The molecule has 0 spiro atoms. The predicted molar refractivity (Wildman–Crippen MR) is 94.5 cm³/mol. The first-order chi connectivity index (χ1) is 13.3. The Bertz CT molecular complexity index is 835. The Morgan fingerprint density at radius 1 is 1.34 bits per heavy atom. The quantitative estimate of drug-likeness (QED) is 0.378. The number of nitrogens with one attached hydrogen (secondary N) is 2. The van der Waals surface area contributed by atoms with Gasteiger partial charge in [-0.15, -0.1) is 0 Å². The van der Waals surface area contributed by atoms with E-state index in [-0.39, 0.29) is 11.6 Å². The lowest BCUT2D eigenvalue weighted by Gasteiger charge is -2.27. The van der Waals surface area contributed by atoms with Crippen molar-refractivity contribution in [3.05, 3.63) is 33.9 Å². The minimum absolute atomic E-state index is 0.214. The van der Waals surface area contributed by atoms with Crippen LogP contribution in [0.5, 0.6) is 0 Å². The number of ether oxygens (including phenoxy) is 1. The molecule has 0 bridgehead atoms. The molecule has 1 aromatic carbocycles. The Kier molecular flexibility index (Phi) is 7.53. The lowest BCUT2D eigenvalue weighted by Crippen LogP contribution is -2.50. The van der Waals surface area contributed by atoms with Gasteiger partial charge < -0.3 is 15.4 Å². The standard InChI is InChI=1S/C17H19F3N4O5/c1-10(2)16(3,9-21)23-14(25)8-29-15(26)7-22-12-5-4-11(17(18,19)20)6-13(12)24(27)28/h4-6,10,22H,7-8H2,1-3H3,(H,23,25)/t16-/m1/s1.